The summed E-state index contributed by atoms with van der Waals surface area (Å²) in [6.07, 6.45) is 5.56. The van der Waals surface area contributed by atoms with Gasteiger partial charge in [0.15, 0.2) is 0 Å². The fraction of sp³-hybridized carbons (Fsp3) is 0.412. The van der Waals surface area contributed by atoms with E-state index in [9.17, 15) is 9.59 Å². The van der Waals surface area contributed by atoms with E-state index in [0.29, 0.717) is 12.3 Å². The lowest BCUT2D eigenvalue weighted by molar-refractivity contribution is -0.137. The van der Waals surface area contributed by atoms with Crippen LogP contribution in [0.25, 0.3) is 10.9 Å². The first-order valence-electron chi connectivity index (χ1n) is 7.86. The van der Waals surface area contributed by atoms with Crippen molar-refractivity contribution in [3.05, 3.63) is 36.0 Å². The third-order valence-corrected chi connectivity index (χ3v) is 4.63. The van der Waals surface area contributed by atoms with E-state index in [-0.39, 0.29) is 17.9 Å². The maximum absolute atomic E-state index is 12.3. The highest BCUT2D eigenvalue weighted by molar-refractivity contribution is 5.97. The molecule has 0 spiro atoms. The van der Waals surface area contributed by atoms with Gasteiger partial charge < -0.3 is 15.6 Å². The molecule has 2 amide bonds. The lowest BCUT2D eigenvalue weighted by Gasteiger charge is -2.29. The molecule has 114 valence electrons. The highest BCUT2D eigenvalue weighted by Crippen LogP contribution is 2.34. The Morgan fingerprint density at radius 2 is 1.73 bits per heavy atom. The van der Waals surface area contributed by atoms with Crippen LogP contribution in [-0.4, -0.2) is 28.9 Å². The summed E-state index contributed by atoms with van der Waals surface area (Å²) in [6.45, 7) is 0. The number of rotatable bonds is 4. The van der Waals surface area contributed by atoms with Crippen LogP contribution in [0, 0.1) is 5.92 Å². The van der Waals surface area contributed by atoms with E-state index in [2.05, 4.69) is 15.6 Å². The fourth-order valence-corrected chi connectivity index (χ4v) is 3.19. The summed E-state index contributed by atoms with van der Waals surface area (Å²) in [5.74, 6) is 0.494. The van der Waals surface area contributed by atoms with Crippen molar-refractivity contribution < 1.29 is 9.59 Å². The summed E-state index contributed by atoms with van der Waals surface area (Å²) in [5.41, 5.74) is 2.10. The molecule has 1 aromatic carbocycles. The van der Waals surface area contributed by atoms with Crippen molar-refractivity contribution in [2.45, 2.75) is 37.8 Å². The maximum Gasteiger partial charge on any atom is 0.243 e. The molecule has 0 radical (unpaired) electrons. The van der Waals surface area contributed by atoms with Gasteiger partial charge in [0.25, 0.3) is 0 Å². The molecule has 5 nitrogen and oxygen atoms in total. The number of hydrogen-bond donors (Lipinski definition) is 3. The number of carbonyl (C=O) groups excluding carboxylic acids is 2. The van der Waals surface area contributed by atoms with Gasteiger partial charge in [0.2, 0.25) is 11.8 Å². The van der Waals surface area contributed by atoms with E-state index >= 15 is 0 Å². The maximum atomic E-state index is 12.3. The molecular weight excluding hydrogens is 278 g/mol. The number of piperazine rings is 1. The van der Waals surface area contributed by atoms with Crippen LogP contribution in [0.3, 0.4) is 0 Å². The SMILES string of the molecule is O=C1N[C@@H](CC2CC2)C(=O)N[C@H]1Cc1c[nH]c2ccccc12. The van der Waals surface area contributed by atoms with Crippen LogP contribution in [-0.2, 0) is 16.0 Å². The Morgan fingerprint density at radius 1 is 1.00 bits per heavy atom. The number of fused-ring (bicyclic) bond motifs is 1. The summed E-state index contributed by atoms with van der Waals surface area (Å²) in [5, 5.41) is 6.88. The minimum atomic E-state index is -0.484. The Labute approximate surface area is 128 Å². The smallest absolute Gasteiger partial charge is 0.243 e. The molecular formula is C17H19N3O2. The highest BCUT2D eigenvalue weighted by Gasteiger charge is 2.37. The summed E-state index contributed by atoms with van der Waals surface area (Å²) in [4.78, 5) is 27.7. The predicted octanol–water partition coefficient (Wildman–Crippen LogP) is 1.49. The third kappa shape index (κ3) is 2.47. The van der Waals surface area contributed by atoms with E-state index in [1.54, 1.807) is 0 Å². The fourth-order valence-electron chi connectivity index (χ4n) is 3.19. The zero-order valence-corrected chi connectivity index (χ0v) is 12.3. The Morgan fingerprint density at radius 3 is 2.55 bits per heavy atom. The van der Waals surface area contributed by atoms with Crippen molar-refractivity contribution >= 4 is 22.7 Å². The Hall–Kier alpha value is -2.30. The molecule has 1 aliphatic heterocycles. The van der Waals surface area contributed by atoms with Gasteiger partial charge in [-0.1, -0.05) is 31.0 Å². The van der Waals surface area contributed by atoms with Crippen molar-refractivity contribution in [3.63, 3.8) is 0 Å². The third-order valence-electron chi connectivity index (χ3n) is 4.63. The molecule has 2 atom stereocenters. The number of aromatic amines is 1. The second kappa shape index (κ2) is 5.16. The van der Waals surface area contributed by atoms with Crippen LogP contribution in [0.15, 0.2) is 30.5 Å². The largest absolute Gasteiger partial charge is 0.361 e. The molecule has 22 heavy (non-hydrogen) atoms. The number of benzene rings is 1. The van der Waals surface area contributed by atoms with Crippen LogP contribution in [0.2, 0.25) is 0 Å². The number of H-pyrrole nitrogens is 1. The van der Waals surface area contributed by atoms with Crippen molar-refractivity contribution in [2.24, 2.45) is 5.92 Å². The number of para-hydroxylation sites is 1. The molecule has 5 heteroatoms. The van der Waals surface area contributed by atoms with Crippen molar-refractivity contribution in [1.29, 1.82) is 0 Å². The molecule has 2 fully saturated rings. The first kappa shape index (κ1) is 13.4. The van der Waals surface area contributed by atoms with E-state index in [4.69, 9.17) is 0 Å². The molecule has 0 bridgehead atoms. The number of hydrogen-bond acceptors (Lipinski definition) is 2. The molecule has 2 aromatic rings. The standard InChI is InChI=1S/C17H19N3O2/c21-16-14(7-10-5-6-10)19-17(22)15(20-16)8-11-9-18-13-4-2-1-3-12(11)13/h1-4,9-10,14-15,18H,5-8H2,(H,19,22)(H,20,21)/t14-,15-/m0/s1. The molecule has 1 saturated carbocycles. The zero-order chi connectivity index (χ0) is 15.1. The van der Waals surface area contributed by atoms with Crippen molar-refractivity contribution in [1.82, 2.24) is 15.6 Å². The number of nitrogens with one attached hydrogen (secondary N) is 3. The van der Waals surface area contributed by atoms with Crippen LogP contribution < -0.4 is 10.6 Å². The topological polar surface area (TPSA) is 74.0 Å². The molecule has 2 aliphatic rings. The van der Waals surface area contributed by atoms with Crippen LogP contribution in [0.4, 0.5) is 0 Å². The van der Waals surface area contributed by atoms with Gasteiger partial charge >= 0.3 is 0 Å². The zero-order valence-electron chi connectivity index (χ0n) is 12.3. The molecule has 1 aliphatic carbocycles. The molecule has 3 N–H and O–H groups in total. The summed E-state index contributed by atoms with van der Waals surface area (Å²) in [7, 11) is 0. The van der Waals surface area contributed by atoms with Gasteiger partial charge in [-0.2, -0.15) is 0 Å². The van der Waals surface area contributed by atoms with Crippen LogP contribution >= 0.6 is 0 Å². The van der Waals surface area contributed by atoms with Crippen molar-refractivity contribution in [3.8, 4) is 0 Å². The van der Waals surface area contributed by atoms with Gasteiger partial charge in [-0.05, 0) is 24.0 Å². The van der Waals surface area contributed by atoms with Gasteiger partial charge in [-0.3, -0.25) is 9.59 Å². The van der Waals surface area contributed by atoms with Crippen LogP contribution in [0.5, 0.6) is 0 Å². The Bertz CT molecular complexity index is 732. The van der Waals surface area contributed by atoms with E-state index in [1.165, 1.54) is 12.8 Å². The second-order valence-electron chi connectivity index (χ2n) is 6.37. The molecule has 1 aromatic heterocycles. The summed E-state index contributed by atoms with van der Waals surface area (Å²) in [6, 6.07) is 7.15. The van der Waals surface area contributed by atoms with Crippen LogP contribution in [0.1, 0.15) is 24.8 Å². The van der Waals surface area contributed by atoms with Gasteiger partial charge in [-0.15, -0.1) is 0 Å². The molecule has 1 saturated heterocycles. The van der Waals surface area contributed by atoms with Gasteiger partial charge in [-0.25, -0.2) is 0 Å². The molecule has 4 rings (SSSR count). The highest BCUT2D eigenvalue weighted by atomic mass is 16.2. The number of amides is 2. The first-order valence-corrected chi connectivity index (χ1v) is 7.86. The lowest BCUT2D eigenvalue weighted by Crippen LogP contribution is -2.62. The summed E-state index contributed by atoms with van der Waals surface area (Å²) < 4.78 is 0. The molecule has 2 heterocycles. The average Bonchev–Trinajstić information content (AvgIpc) is 3.24. The second-order valence-corrected chi connectivity index (χ2v) is 6.37. The number of aromatic nitrogens is 1. The molecule has 0 unspecified atom stereocenters. The quantitative estimate of drug-likeness (QED) is 0.800. The average molecular weight is 297 g/mol. The van der Waals surface area contributed by atoms with Gasteiger partial charge in [0.1, 0.15) is 12.1 Å². The summed E-state index contributed by atoms with van der Waals surface area (Å²) >= 11 is 0. The van der Waals surface area contributed by atoms with E-state index in [0.717, 1.165) is 22.9 Å². The monoisotopic (exact) mass is 297 g/mol. The van der Waals surface area contributed by atoms with Gasteiger partial charge in [0.05, 0.1) is 0 Å². The number of carbonyl (C=O) groups is 2. The van der Waals surface area contributed by atoms with Gasteiger partial charge in [0, 0.05) is 23.5 Å². The lowest BCUT2D eigenvalue weighted by atomic mass is 9.99. The van der Waals surface area contributed by atoms with E-state index in [1.807, 2.05) is 30.5 Å². The normalized spacial score (nSPS) is 25.1. The minimum absolute atomic E-state index is 0.0451. The van der Waals surface area contributed by atoms with Crippen molar-refractivity contribution in [2.75, 3.05) is 0 Å². The Kier molecular flexibility index (Phi) is 3.13. The van der Waals surface area contributed by atoms with E-state index < -0.39 is 6.04 Å². The Balaban J connectivity index is 1.49. The minimum Gasteiger partial charge on any atom is -0.361 e. The predicted molar refractivity (Wildman–Crippen MR) is 83.2 cm³/mol. The first-order chi connectivity index (χ1) is 10.7.